The molecule has 3 aromatic heterocycles. The molecule has 0 aliphatic heterocycles. The number of pyridine rings is 3. The number of aromatic nitrogens is 3. The number of fused-ring (bicyclic) bond motifs is 1. The molecular weight excluding hydrogens is 520 g/mol. The van der Waals surface area contributed by atoms with Crippen molar-refractivity contribution in [2.45, 2.75) is 31.7 Å². The number of nitrogens with two attached hydrogens (primary N) is 1. The number of hydrogen-bond donors (Lipinski definition) is 4. The van der Waals surface area contributed by atoms with Crippen molar-refractivity contribution in [2.24, 2.45) is 5.73 Å². The molecule has 12 heteroatoms. The number of nitrogens with zero attached hydrogens (tertiary/aromatic N) is 3. The van der Waals surface area contributed by atoms with Gasteiger partial charge in [0.25, 0.3) is 12.0 Å². The quantitative estimate of drug-likeness (QED) is 0.193. The summed E-state index contributed by atoms with van der Waals surface area (Å²) in [6, 6.07) is 14.6. The van der Waals surface area contributed by atoms with Gasteiger partial charge in [-0.2, -0.15) is 4.98 Å². The molecular formula is C25H27F2N5O3S2. The van der Waals surface area contributed by atoms with Gasteiger partial charge < -0.3 is 19.8 Å². The Labute approximate surface area is 223 Å². The van der Waals surface area contributed by atoms with E-state index in [0.29, 0.717) is 28.0 Å². The molecule has 0 spiro atoms. The maximum absolute atomic E-state index is 13.7. The molecule has 0 saturated heterocycles. The van der Waals surface area contributed by atoms with Gasteiger partial charge in [0.2, 0.25) is 5.88 Å². The van der Waals surface area contributed by atoms with Gasteiger partial charge in [-0.3, -0.25) is 14.8 Å². The van der Waals surface area contributed by atoms with Gasteiger partial charge in [-0.15, -0.1) is 25.3 Å². The third-order valence-corrected chi connectivity index (χ3v) is 5.26. The van der Waals surface area contributed by atoms with Crippen molar-refractivity contribution in [1.29, 1.82) is 5.41 Å². The van der Waals surface area contributed by atoms with Gasteiger partial charge in [0.1, 0.15) is 11.2 Å². The zero-order valence-corrected chi connectivity index (χ0v) is 21.9. The number of alkyl halides is 2. The van der Waals surface area contributed by atoms with Crippen LogP contribution in [0.5, 0.6) is 11.6 Å². The van der Waals surface area contributed by atoms with Crippen LogP contribution >= 0.6 is 25.3 Å². The number of rotatable bonds is 8. The van der Waals surface area contributed by atoms with Crippen LogP contribution in [0, 0.1) is 5.41 Å². The Bertz CT molecular complexity index is 1470. The minimum absolute atomic E-state index is 0.0359. The molecule has 4 aromatic rings. The molecule has 3 N–H and O–H groups in total. The number of nitrogens with one attached hydrogen (secondary N) is 1. The van der Waals surface area contributed by atoms with E-state index in [-0.39, 0.29) is 23.7 Å². The minimum Gasteiger partial charge on any atom is -0.472 e. The summed E-state index contributed by atoms with van der Waals surface area (Å²) in [5.41, 5.74) is 7.09. The van der Waals surface area contributed by atoms with Gasteiger partial charge in [-0.25, -0.2) is 8.78 Å². The smallest absolute Gasteiger partial charge is 0.272 e. The predicted octanol–water partition coefficient (Wildman–Crippen LogP) is 4.44. The van der Waals surface area contributed by atoms with Gasteiger partial charge in [0, 0.05) is 28.8 Å². The molecule has 0 aliphatic rings. The summed E-state index contributed by atoms with van der Waals surface area (Å²) < 4.78 is 38.0. The highest BCUT2D eigenvalue weighted by atomic mass is 32.2. The lowest BCUT2D eigenvalue weighted by atomic mass is 10.1. The minimum atomic E-state index is -2.67. The SMILES string of the molecule is CC.N=c1ccc(-c2cc3ccc(OCC(F)F)nc3n(-c3ccc(OC(S)S)cc3)c2=O)cn1CN. The standard InChI is InChI=1S/C23H21F2N5O3S2.C2H6/c24-18(25)11-32-20-8-2-13-9-17(14-1-7-19(27)29(10-14)12-26)22(31)30(21(13)28-20)15-3-5-16(6-4-15)33-23(34)35;1-2/h1-10,18,23,27,34-35H,11-12,26H2;1-2H3. The van der Waals surface area contributed by atoms with Crippen molar-refractivity contribution in [1.82, 2.24) is 14.1 Å². The Morgan fingerprint density at radius 3 is 2.41 bits per heavy atom. The Morgan fingerprint density at radius 1 is 1.08 bits per heavy atom. The van der Waals surface area contributed by atoms with Crippen molar-refractivity contribution < 1.29 is 18.3 Å². The van der Waals surface area contributed by atoms with Crippen LogP contribution in [0.4, 0.5) is 8.78 Å². The van der Waals surface area contributed by atoms with E-state index in [2.05, 4.69) is 30.2 Å². The second-order valence-electron chi connectivity index (χ2n) is 7.36. The molecule has 196 valence electrons. The third-order valence-electron chi connectivity index (χ3n) is 5.05. The fourth-order valence-corrected chi connectivity index (χ4v) is 3.74. The van der Waals surface area contributed by atoms with Crippen molar-refractivity contribution in [3.63, 3.8) is 0 Å². The Morgan fingerprint density at radius 2 is 1.78 bits per heavy atom. The van der Waals surface area contributed by atoms with Crippen molar-refractivity contribution in [3.05, 3.63) is 76.6 Å². The molecule has 8 nitrogen and oxygen atoms in total. The monoisotopic (exact) mass is 547 g/mol. The van der Waals surface area contributed by atoms with E-state index in [1.807, 2.05) is 13.8 Å². The lowest BCUT2D eigenvalue weighted by Crippen LogP contribution is -2.25. The molecule has 1 aromatic carbocycles. The van der Waals surface area contributed by atoms with E-state index in [1.165, 1.54) is 15.2 Å². The van der Waals surface area contributed by atoms with E-state index in [9.17, 15) is 13.6 Å². The maximum Gasteiger partial charge on any atom is 0.272 e. The molecule has 0 unspecified atom stereocenters. The number of hydrogen-bond acceptors (Lipinski definition) is 8. The molecule has 0 saturated carbocycles. The van der Waals surface area contributed by atoms with Crippen LogP contribution in [-0.4, -0.2) is 31.9 Å². The fraction of sp³-hybridized carbons (Fsp3) is 0.240. The highest BCUT2D eigenvalue weighted by Crippen LogP contribution is 2.25. The van der Waals surface area contributed by atoms with E-state index < -0.39 is 23.4 Å². The molecule has 0 radical (unpaired) electrons. The van der Waals surface area contributed by atoms with E-state index >= 15 is 0 Å². The van der Waals surface area contributed by atoms with Gasteiger partial charge in [-0.1, -0.05) is 13.8 Å². The summed E-state index contributed by atoms with van der Waals surface area (Å²) in [5, 5.41) is 8.53. The van der Waals surface area contributed by atoms with E-state index in [4.69, 9.17) is 20.6 Å². The number of halogens is 2. The van der Waals surface area contributed by atoms with Gasteiger partial charge >= 0.3 is 0 Å². The van der Waals surface area contributed by atoms with Crippen molar-refractivity contribution >= 4 is 36.3 Å². The van der Waals surface area contributed by atoms with Gasteiger partial charge in [0.05, 0.1) is 12.4 Å². The van der Waals surface area contributed by atoms with Crippen LogP contribution in [0.2, 0.25) is 0 Å². The van der Waals surface area contributed by atoms with Crippen molar-refractivity contribution in [3.8, 4) is 28.4 Å². The summed E-state index contributed by atoms with van der Waals surface area (Å²) in [6.07, 6.45) is -1.04. The lowest BCUT2D eigenvalue weighted by Gasteiger charge is -2.15. The van der Waals surface area contributed by atoms with Gasteiger partial charge in [0.15, 0.2) is 17.0 Å². The highest BCUT2D eigenvalue weighted by Gasteiger charge is 2.16. The van der Waals surface area contributed by atoms with Crippen LogP contribution in [0.15, 0.2) is 65.6 Å². The molecule has 0 amide bonds. The molecule has 0 bridgehead atoms. The molecule has 3 heterocycles. The number of benzene rings is 1. The zero-order chi connectivity index (χ0) is 27.1. The van der Waals surface area contributed by atoms with Crippen LogP contribution in [0.3, 0.4) is 0 Å². The lowest BCUT2D eigenvalue weighted by molar-refractivity contribution is 0.0797. The Hall–Kier alpha value is -3.35. The Balaban J connectivity index is 0.00000186. The second kappa shape index (κ2) is 12.7. The van der Waals surface area contributed by atoms with Crippen LogP contribution in [0.1, 0.15) is 13.8 Å². The first-order chi connectivity index (χ1) is 17.8. The van der Waals surface area contributed by atoms with Crippen LogP contribution in [0.25, 0.3) is 27.8 Å². The average Bonchev–Trinajstić information content (AvgIpc) is 2.89. The number of thiol groups is 2. The topological polar surface area (TPSA) is 108 Å². The zero-order valence-electron chi connectivity index (χ0n) is 20.1. The Kier molecular flexibility index (Phi) is 9.73. The van der Waals surface area contributed by atoms with Gasteiger partial charge in [-0.05, 0) is 48.5 Å². The molecule has 0 aliphatic carbocycles. The van der Waals surface area contributed by atoms with E-state index in [1.54, 1.807) is 54.7 Å². The second-order valence-corrected chi connectivity index (χ2v) is 8.70. The molecule has 4 rings (SSSR count). The average molecular weight is 548 g/mol. The van der Waals surface area contributed by atoms with Crippen molar-refractivity contribution in [2.75, 3.05) is 6.61 Å². The largest absolute Gasteiger partial charge is 0.472 e. The predicted molar refractivity (Wildman–Crippen MR) is 146 cm³/mol. The molecule has 0 atom stereocenters. The third kappa shape index (κ3) is 6.70. The maximum atomic E-state index is 13.7. The van der Waals surface area contributed by atoms with Crippen LogP contribution in [-0.2, 0) is 6.67 Å². The molecule has 0 fully saturated rings. The van der Waals surface area contributed by atoms with E-state index in [0.717, 1.165) is 0 Å². The first kappa shape index (κ1) is 28.2. The first-order valence-electron chi connectivity index (χ1n) is 11.3. The first-order valence-corrected chi connectivity index (χ1v) is 12.4. The normalized spacial score (nSPS) is 10.9. The highest BCUT2D eigenvalue weighted by molar-refractivity contribution is 7.98. The fourth-order valence-electron chi connectivity index (χ4n) is 3.49. The van der Waals surface area contributed by atoms with Crippen LogP contribution < -0.4 is 26.3 Å². The summed E-state index contributed by atoms with van der Waals surface area (Å²) in [6.45, 7) is 3.25. The summed E-state index contributed by atoms with van der Waals surface area (Å²) in [4.78, 5) is 18.1. The molecule has 37 heavy (non-hydrogen) atoms. The number of ether oxygens (including phenoxy) is 2. The summed E-state index contributed by atoms with van der Waals surface area (Å²) in [7, 11) is 0. The summed E-state index contributed by atoms with van der Waals surface area (Å²) >= 11 is 8.16. The summed E-state index contributed by atoms with van der Waals surface area (Å²) in [5.74, 6) is 0.451.